The zero-order valence-corrected chi connectivity index (χ0v) is 7.47. The Morgan fingerprint density at radius 2 is 2.21 bits per heavy atom. The van der Waals surface area contributed by atoms with E-state index in [1.807, 2.05) is 6.07 Å². The van der Waals surface area contributed by atoms with Crippen molar-refractivity contribution in [3.8, 4) is 6.07 Å². The number of rotatable bonds is 1. The molecule has 0 aromatic rings. The second-order valence-corrected chi connectivity index (χ2v) is 3.04. The number of allylic oxidation sites excluding steroid dienone is 2. The zero-order chi connectivity index (χ0) is 10.8. The molecule has 1 aliphatic heterocycles. The van der Waals surface area contributed by atoms with Crippen LogP contribution in [0.5, 0.6) is 0 Å². The molecule has 2 nitrogen and oxygen atoms in total. The van der Waals surface area contributed by atoms with Crippen molar-refractivity contribution < 1.29 is 13.2 Å². The maximum Gasteiger partial charge on any atom is 0.395 e. The van der Waals surface area contributed by atoms with Gasteiger partial charge < -0.3 is 5.32 Å². The molecule has 0 fully saturated rings. The maximum absolute atomic E-state index is 12.3. The summed E-state index contributed by atoms with van der Waals surface area (Å²) in [5, 5.41) is 11.1. The molecule has 0 bridgehead atoms. The molecule has 2 unspecified atom stereocenters. The lowest BCUT2D eigenvalue weighted by molar-refractivity contribution is -0.158. The lowest BCUT2D eigenvalue weighted by atomic mass is 9.97. The molecule has 0 spiro atoms. The minimum absolute atomic E-state index is 0.128. The van der Waals surface area contributed by atoms with E-state index in [1.165, 1.54) is 18.4 Å². The van der Waals surface area contributed by atoms with E-state index in [0.29, 0.717) is 0 Å². The number of nitrogens with zero attached hydrogens (tertiary/aromatic N) is 1. The third-order valence-corrected chi connectivity index (χ3v) is 2.04. The average molecular weight is 202 g/mol. The molecule has 1 rings (SSSR count). The standard InChI is InChI=1S/C9H9F3N2/c1-6(9(10,11)12)7-2-3-14-8(4-7)5-13/h2-4,6,8,14H,1H3. The highest BCUT2D eigenvalue weighted by atomic mass is 19.4. The molecule has 0 aromatic heterocycles. The molecule has 5 heteroatoms. The summed E-state index contributed by atoms with van der Waals surface area (Å²) < 4.78 is 36.9. The van der Waals surface area contributed by atoms with Crippen LogP contribution in [0.15, 0.2) is 23.9 Å². The monoisotopic (exact) mass is 202 g/mol. The molecule has 0 saturated heterocycles. The summed E-state index contributed by atoms with van der Waals surface area (Å²) in [5.74, 6) is -1.53. The summed E-state index contributed by atoms with van der Waals surface area (Å²) in [5.41, 5.74) is 0.128. The van der Waals surface area contributed by atoms with Crippen LogP contribution in [-0.4, -0.2) is 12.2 Å². The normalized spacial score (nSPS) is 23.4. The number of halogens is 3. The highest BCUT2D eigenvalue weighted by molar-refractivity contribution is 5.30. The summed E-state index contributed by atoms with van der Waals surface area (Å²) in [7, 11) is 0. The molecule has 0 saturated carbocycles. The van der Waals surface area contributed by atoms with Gasteiger partial charge in [0.25, 0.3) is 0 Å². The predicted octanol–water partition coefficient (Wildman–Crippen LogP) is 2.12. The molecule has 1 N–H and O–H groups in total. The molecular formula is C9H9F3N2. The van der Waals surface area contributed by atoms with Crippen molar-refractivity contribution in [1.82, 2.24) is 5.32 Å². The zero-order valence-electron chi connectivity index (χ0n) is 7.47. The quantitative estimate of drug-likeness (QED) is 0.706. The second-order valence-electron chi connectivity index (χ2n) is 3.04. The van der Waals surface area contributed by atoms with Crippen molar-refractivity contribution in [3.05, 3.63) is 23.9 Å². The van der Waals surface area contributed by atoms with Crippen LogP contribution in [0, 0.1) is 17.2 Å². The van der Waals surface area contributed by atoms with Gasteiger partial charge >= 0.3 is 6.18 Å². The van der Waals surface area contributed by atoms with Gasteiger partial charge in [0, 0.05) is 0 Å². The van der Waals surface area contributed by atoms with Crippen molar-refractivity contribution in [3.63, 3.8) is 0 Å². The molecule has 1 heterocycles. The van der Waals surface area contributed by atoms with E-state index >= 15 is 0 Å². The van der Waals surface area contributed by atoms with Crippen LogP contribution in [0.3, 0.4) is 0 Å². The second kappa shape index (κ2) is 3.74. The highest BCUT2D eigenvalue weighted by Gasteiger charge is 2.38. The van der Waals surface area contributed by atoms with Crippen LogP contribution in [-0.2, 0) is 0 Å². The molecular weight excluding hydrogens is 193 g/mol. The molecule has 1 aliphatic rings. The van der Waals surface area contributed by atoms with Crippen molar-refractivity contribution in [1.29, 1.82) is 5.26 Å². The summed E-state index contributed by atoms with van der Waals surface area (Å²) in [6.45, 7) is 1.08. The molecule has 0 amide bonds. The molecule has 14 heavy (non-hydrogen) atoms. The van der Waals surface area contributed by atoms with Crippen molar-refractivity contribution in [2.45, 2.75) is 19.1 Å². The SMILES string of the molecule is CC(C1=CC(C#N)NC=C1)C(F)(F)F. The van der Waals surface area contributed by atoms with Crippen LogP contribution < -0.4 is 5.32 Å². The van der Waals surface area contributed by atoms with Gasteiger partial charge in [0.15, 0.2) is 0 Å². The Morgan fingerprint density at radius 1 is 1.57 bits per heavy atom. The largest absolute Gasteiger partial charge is 0.395 e. The fourth-order valence-electron chi connectivity index (χ4n) is 1.10. The van der Waals surface area contributed by atoms with Gasteiger partial charge in [0.2, 0.25) is 0 Å². The van der Waals surface area contributed by atoms with E-state index in [2.05, 4.69) is 5.32 Å². The number of dihydropyridines is 1. The molecule has 0 aromatic carbocycles. The van der Waals surface area contributed by atoms with E-state index in [1.54, 1.807) is 0 Å². The minimum Gasteiger partial charge on any atom is -0.373 e. The highest BCUT2D eigenvalue weighted by Crippen LogP contribution is 2.32. The summed E-state index contributed by atoms with van der Waals surface area (Å²) in [4.78, 5) is 0. The van der Waals surface area contributed by atoms with E-state index in [-0.39, 0.29) is 5.57 Å². The van der Waals surface area contributed by atoms with Gasteiger partial charge in [-0.2, -0.15) is 18.4 Å². The fourth-order valence-corrected chi connectivity index (χ4v) is 1.10. The minimum atomic E-state index is -4.26. The van der Waals surface area contributed by atoms with Crippen LogP contribution in [0.2, 0.25) is 0 Å². The van der Waals surface area contributed by atoms with Crippen molar-refractivity contribution in [2.75, 3.05) is 0 Å². The lowest BCUT2D eigenvalue weighted by Gasteiger charge is -2.20. The van der Waals surface area contributed by atoms with Crippen LogP contribution in [0.25, 0.3) is 0 Å². The molecule has 0 radical (unpaired) electrons. The summed E-state index contributed by atoms with van der Waals surface area (Å²) in [6.07, 6.45) is -0.261. The Morgan fingerprint density at radius 3 is 2.71 bits per heavy atom. The van der Waals surface area contributed by atoms with Crippen LogP contribution in [0.4, 0.5) is 13.2 Å². The third-order valence-electron chi connectivity index (χ3n) is 2.04. The van der Waals surface area contributed by atoms with E-state index in [9.17, 15) is 13.2 Å². The van der Waals surface area contributed by atoms with E-state index in [0.717, 1.165) is 6.92 Å². The smallest absolute Gasteiger partial charge is 0.373 e. The van der Waals surface area contributed by atoms with Gasteiger partial charge in [-0.25, -0.2) is 0 Å². The first-order valence-corrected chi connectivity index (χ1v) is 4.06. The van der Waals surface area contributed by atoms with Gasteiger partial charge in [-0.3, -0.25) is 0 Å². The Kier molecular flexibility index (Phi) is 2.84. The average Bonchev–Trinajstić information content (AvgIpc) is 2.15. The third kappa shape index (κ3) is 2.28. The van der Waals surface area contributed by atoms with Gasteiger partial charge in [-0.15, -0.1) is 0 Å². The topological polar surface area (TPSA) is 35.8 Å². The molecule has 2 atom stereocenters. The van der Waals surface area contributed by atoms with Gasteiger partial charge in [0.05, 0.1) is 12.0 Å². The molecule has 0 aliphatic carbocycles. The fraction of sp³-hybridized carbons (Fsp3) is 0.444. The van der Waals surface area contributed by atoms with E-state index < -0.39 is 18.1 Å². The Bertz CT molecular complexity index is 309. The van der Waals surface area contributed by atoms with E-state index in [4.69, 9.17) is 5.26 Å². The summed E-state index contributed by atoms with van der Waals surface area (Å²) >= 11 is 0. The maximum atomic E-state index is 12.3. The number of nitrogens with one attached hydrogen (secondary N) is 1. The Balaban J connectivity index is 2.84. The number of nitriles is 1. The summed E-state index contributed by atoms with van der Waals surface area (Å²) in [6, 6.07) is 1.17. The first-order chi connectivity index (χ1) is 6.45. The van der Waals surface area contributed by atoms with Crippen molar-refractivity contribution >= 4 is 0 Å². The van der Waals surface area contributed by atoms with Gasteiger partial charge in [-0.05, 0) is 30.8 Å². The number of hydrogen-bond donors (Lipinski definition) is 1. The predicted molar refractivity (Wildman–Crippen MR) is 45.0 cm³/mol. The Labute approximate surface area is 79.7 Å². The van der Waals surface area contributed by atoms with Gasteiger partial charge in [0.1, 0.15) is 6.04 Å². The Hall–Kier alpha value is -1.44. The van der Waals surface area contributed by atoms with Gasteiger partial charge in [-0.1, -0.05) is 0 Å². The number of alkyl halides is 3. The first-order valence-electron chi connectivity index (χ1n) is 4.06. The first kappa shape index (κ1) is 10.6. The molecule has 76 valence electrons. The van der Waals surface area contributed by atoms with Crippen molar-refractivity contribution in [2.24, 2.45) is 5.92 Å². The lowest BCUT2D eigenvalue weighted by Crippen LogP contribution is -2.28. The number of hydrogen-bond acceptors (Lipinski definition) is 2. The van der Waals surface area contributed by atoms with Crippen LogP contribution in [0.1, 0.15) is 6.92 Å². The van der Waals surface area contributed by atoms with Crippen LogP contribution >= 0.6 is 0 Å².